The predicted octanol–water partition coefficient (Wildman–Crippen LogP) is 3.65. The molecule has 0 bridgehead atoms. The molecule has 1 atom stereocenters. The molecule has 2 aromatic carbocycles. The molecule has 1 heterocycles. The number of carbonyl (C=O) groups is 3. The van der Waals surface area contributed by atoms with Gasteiger partial charge in [-0.2, -0.15) is 0 Å². The number of amides is 2. The number of rotatable bonds is 9. The maximum atomic E-state index is 12.7. The summed E-state index contributed by atoms with van der Waals surface area (Å²) in [5.41, 5.74) is 1.63. The van der Waals surface area contributed by atoms with E-state index < -0.39 is 5.92 Å². The van der Waals surface area contributed by atoms with E-state index in [1.54, 1.807) is 54.5 Å². The number of methoxy groups -OCH3 is 2. The van der Waals surface area contributed by atoms with Gasteiger partial charge in [-0.15, -0.1) is 0 Å². The van der Waals surface area contributed by atoms with Crippen molar-refractivity contribution in [3.63, 3.8) is 0 Å². The predicted molar refractivity (Wildman–Crippen MR) is 120 cm³/mol. The Morgan fingerprint density at radius 3 is 2.44 bits per heavy atom. The van der Waals surface area contributed by atoms with Crippen LogP contribution >= 0.6 is 0 Å². The van der Waals surface area contributed by atoms with Crippen LogP contribution in [-0.4, -0.2) is 45.2 Å². The molecule has 1 aliphatic heterocycles. The van der Waals surface area contributed by atoms with Crippen molar-refractivity contribution in [3.05, 3.63) is 48.0 Å². The Morgan fingerprint density at radius 2 is 1.78 bits per heavy atom. The molecule has 32 heavy (non-hydrogen) atoms. The van der Waals surface area contributed by atoms with Crippen molar-refractivity contribution in [1.29, 1.82) is 0 Å². The summed E-state index contributed by atoms with van der Waals surface area (Å²) >= 11 is 0. The van der Waals surface area contributed by atoms with Crippen molar-refractivity contribution >= 4 is 29.2 Å². The van der Waals surface area contributed by atoms with Gasteiger partial charge in [0, 0.05) is 30.4 Å². The van der Waals surface area contributed by atoms with E-state index in [9.17, 15) is 14.4 Å². The minimum Gasteiger partial charge on any atom is -0.493 e. The molecule has 170 valence electrons. The number of nitrogens with zero attached hydrogens (tertiary/aromatic N) is 1. The number of benzene rings is 2. The SMILES string of the molecule is CCCCOC(=O)c1ccc(NC(=O)C2CC(=O)N(c3ccc(OC)c(OC)c3)C2)cc1. The second kappa shape index (κ2) is 10.7. The smallest absolute Gasteiger partial charge is 0.338 e. The molecule has 2 aromatic rings. The molecule has 0 aromatic heterocycles. The summed E-state index contributed by atoms with van der Waals surface area (Å²) in [6.45, 7) is 2.68. The van der Waals surface area contributed by atoms with Crippen molar-refractivity contribution in [3.8, 4) is 11.5 Å². The number of anilines is 2. The summed E-state index contributed by atoms with van der Waals surface area (Å²) in [6.07, 6.45) is 1.88. The third kappa shape index (κ3) is 5.38. The fourth-order valence-corrected chi connectivity index (χ4v) is 3.45. The first-order valence-electron chi connectivity index (χ1n) is 10.6. The first-order chi connectivity index (χ1) is 15.5. The minimum absolute atomic E-state index is 0.113. The van der Waals surface area contributed by atoms with Crippen LogP contribution in [0.3, 0.4) is 0 Å². The van der Waals surface area contributed by atoms with Gasteiger partial charge in [-0.25, -0.2) is 4.79 Å². The lowest BCUT2D eigenvalue weighted by molar-refractivity contribution is -0.122. The van der Waals surface area contributed by atoms with E-state index in [-0.39, 0.29) is 30.7 Å². The molecule has 1 unspecified atom stereocenters. The highest BCUT2D eigenvalue weighted by Gasteiger charge is 2.35. The van der Waals surface area contributed by atoms with E-state index in [1.165, 1.54) is 7.11 Å². The van der Waals surface area contributed by atoms with Crippen molar-refractivity contribution in [2.24, 2.45) is 5.92 Å². The van der Waals surface area contributed by atoms with Crippen LogP contribution in [0, 0.1) is 5.92 Å². The molecule has 0 aliphatic carbocycles. The number of ether oxygens (including phenoxy) is 3. The van der Waals surface area contributed by atoms with Crippen LogP contribution in [0.2, 0.25) is 0 Å². The van der Waals surface area contributed by atoms with Crippen molar-refractivity contribution in [2.45, 2.75) is 26.2 Å². The Morgan fingerprint density at radius 1 is 1.06 bits per heavy atom. The molecule has 0 spiro atoms. The van der Waals surface area contributed by atoms with Crippen LogP contribution in [-0.2, 0) is 14.3 Å². The van der Waals surface area contributed by atoms with Crippen LogP contribution in [0.15, 0.2) is 42.5 Å². The zero-order valence-corrected chi connectivity index (χ0v) is 18.6. The van der Waals surface area contributed by atoms with E-state index in [0.29, 0.717) is 35.0 Å². The van der Waals surface area contributed by atoms with Gasteiger partial charge in [0.25, 0.3) is 0 Å². The second-order valence-corrected chi connectivity index (χ2v) is 7.50. The summed E-state index contributed by atoms with van der Waals surface area (Å²) in [7, 11) is 3.07. The van der Waals surface area contributed by atoms with E-state index in [4.69, 9.17) is 14.2 Å². The first-order valence-corrected chi connectivity index (χ1v) is 10.6. The van der Waals surface area contributed by atoms with Gasteiger partial charge in [-0.05, 0) is 42.8 Å². The third-order valence-corrected chi connectivity index (χ3v) is 5.29. The molecule has 1 saturated heterocycles. The molecule has 2 amide bonds. The number of esters is 1. The van der Waals surface area contributed by atoms with E-state index >= 15 is 0 Å². The highest BCUT2D eigenvalue weighted by atomic mass is 16.5. The number of hydrogen-bond donors (Lipinski definition) is 1. The van der Waals surface area contributed by atoms with Crippen molar-refractivity contribution in [1.82, 2.24) is 0 Å². The molecule has 1 fully saturated rings. The van der Waals surface area contributed by atoms with E-state index in [2.05, 4.69) is 5.32 Å². The van der Waals surface area contributed by atoms with Crippen LogP contribution in [0.5, 0.6) is 11.5 Å². The van der Waals surface area contributed by atoms with Crippen LogP contribution in [0.25, 0.3) is 0 Å². The topological polar surface area (TPSA) is 94.2 Å². The van der Waals surface area contributed by atoms with Gasteiger partial charge in [-0.3, -0.25) is 9.59 Å². The summed E-state index contributed by atoms with van der Waals surface area (Å²) in [5.74, 6) is -0.186. The Hall–Kier alpha value is -3.55. The Labute approximate surface area is 187 Å². The van der Waals surface area contributed by atoms with Crippen molar-refractivity contribution in [2.75, 3.05) is 37.6 Å². The average molecular weight is 440 g/mol. The molecule has 1 N–H and O–H groups in total. The van der Waals surface area contributed by atoms with Crippen LogP contribution in [0.4, 0.5) is 11.4 Å². The molecule has 0 radical (unpaired) electrons. The number of hydrogen-bond acceptors (Lipinski definition) is 6. The van der Waals surface area contributed by atoms with Gasteiger partial charge >= 0.3 is 5.97 Å². The summed E-state index contributed by atoms with van der Waals surface area (Å²) < 4.78 is 15.7. The van der Waals surface area contributed by atoms with Gasteiger partial charge in [0.2, 0.25) is 11.8 Å². The largest absolute Gasteiger partial charge is 0.493 e. The van der Waals surface area contributed by atoms with Crippen LogP contribution in [0.1, 0.15) is 36.5 Å². The summed E-state index contributed by atoms with van der Waals surface area (Å²) in [6, 6.07) is 11.7. The van der Waals surface area contributed by atoms with Crippen LogP contribution < -0.4 is 19.7 Å². The number of unbranched alkanes of at least 4 members (excludes halogenated alkanes) is 1. The van der Waals surface area contributed by atoms with Gasteiger partial charge in [0.05, 0.1) is 32.3 Å². The lowest BCUT2D eigenvalue weighted by atomic mass is 10.1. The average Bonchev–Trinajstić information content (AvgIpc) is 3.21. The highest BCUT2D eigenvalue weighted by molar-refractivity contribution is 6.03. The quantitative estimate of drug-likeness (QED) is 0.473. The Bertz CT molecular complexity index is 973. The lowest BCUT2D eigenvalue weighted by Crippen LogP contribution is -2.28. The molecule has 0 saturated carbocycles. The normalized spacial score (nSPS) is 15.4. The summed E-state index contributed by atoms with van der Waals surface area (Å²) in [5, 5.41) is 2.82. The zero-order chi connectivity index (χ0) is 23.1. The fourth-order valence-electron chi connectivity index (χ4n) is 3.45. The molecule has 3 rings (SSSR count). The minimum atomic E-state index is -0.491. The molecule has 8 nitrogen and oxygen atoms in total. The number of nitrogens with one attached hydrogen (secondary N) is 1. The Kier molecular flexibility index (Phi) is 7.70. The molecular weight excluding hydrogens is 412 g/mol. The Balaban J connectivity index is 1.61. The second-order valence-electron chi connectivity index (χ2n) is 7.50. The van der Waals surface area contributed by atoms with Gasteiger partial charge in [0.15, 0.2) is 11.5 Å². The standard InChI is InChI=1S/C24H28N2O6/c1-4-5-12-32-24(29)16-6-8-18(9-7-16)25-23(28)17-13-22(27)26(15-17)19-10-11-20(30-2)21(14-19)31-3/h6-11,14,17H,4-5,12-13,15H2,1-3H3,(H,25,28). The molecule has 8 heteroatoms. The molecule has 1 aliphatic rings. The lowest BCUT2D eigenvalue weighted by Gasteiger charge is -2.18. The monoisotopic (exact) mass is 440 g/mol. The van der Waals surface area contributed by atoms with Gasteiger partial charge < -0.3 is 24.4 Å². The van der Waals surface area contributed by atoms with Gasteiger partial charge in [-0.1, -0.05) is 13.3 Å². The fraction of sp³-hybridized carbons (Fsp3) is 0.375. The molecular formula is C24H28N2O6. The maximum absolute atomic E-state index is 12.7. The maximum Gasteiger partial charge on any atom is 0.338 e. The van der Waals surface area contributed by atoms with Crippen molar-refractivity contribution < 1.29 is 28.6 Å². The third-order valence-electron chi connectivity index (χ3n) is 5.29. The van der Waals surface area contributed by atoms with E-state index in [1.807, 2.05) is 6.92 Å². The van der Waals surface area contributed by atoms with Gasteiger partial charge in [0.1, 0.15) is 0 Å². The first kappa shape index (κ1) is 23.1. The highest BCUT2D eigenvalue weighted by Crippen LogP contribution is 2.34. The number of carbonyl (C=O) groups excluding carboxylic acids is 3. The van der Waals surface area contributed by atoms with E-state index in [0.717, 1.165) is 12.8 Å². The summed E-state index contributed by atoms with van der Waals surface area (Å²) in [4.78, 5) is 38.8. The zero-order valence-electron chi connectivity index (χ0n) is 18.6.